The molecular formula is C15H21NO3. The van der Waals surface area contributed by atoms with Crippen LogP contribution >= 0.6 is 0 Å². The van der Waals surface area contributed by atoms with Crippen LogP contribution in [0.1, 0.15) is 29.6 Å². The highest BCUT2D eigenvalue weighted by Crippen LogP contribution is 2.25. The number of piperidine rings is 1. The second kappa shape index (κ2) is 6.57. The summed E-state index contributed by atoms with van der Waals surface area (Å²) in [6.07, 6.45) is 3.64. The van der Waals surface area contributed by atoms with Crippen molar-refractivity contribution in [3.05, 3.63) is 23.8 Å². The molecule has 0 saturated carbocycles. The van der Waals surface area contributed by atoms with Crippen molar-refractivity contribution in [3.8, 4) is 11.5 Å². The second-order valence-corrected chi connectivity index (χ2v) is 4.83. The number of Topliss-reactive ketones (excluding diaryl/α,β-unsaturated/α-hetero) is 1. The zero-order chi connectivity index (χ0) is 13.7. The van der Waals surface area contributed by atoms with Gasteiger partial charge in [-0.3, -0.25) is 9.69 Å². The summed E-state index contributed by atoms with van der Waals surface area (Å²) in [6, 6.07) is 5.34. The number of methoxy groups -OCH3 is 2. The van der Waals surface area contributed by atoms with Crippen molar-refractivity contribution in [2.75, 3.05) is 33.9 Å². The third-order valence-electron chi connectivity index (χ3n) is 3.52. The predicted octanol–water partition coefficient (Wildman–Crippen LogP) is 2.37. The van der Waals surface area contributed by atoms with Gasteiger partial charge >= 0.3 is 0 Å². The molecule has 0 bridgehead atoms. The minimum absolute atomic E-state index is 0.0950. The molecule has 19 heavy (non-hydrogen) atoms. The molecular weight excluding hydrogens is 242 g/mol. The Morgan fingerprint density at radius 3 is 2.53 bits per heavy atom. The Morgan fingerprint density at radius 1 is 1.16 bits per heavy atom. The number of hydrogen-bond acceptors (Lipinski definition) is 4. The lowest BCUT2D eigenvalue weighted by Gasteiger charge is -2.25. The Bertz CT molecular complexity index is 439. The van der Waals surface area contributed by atoms with Gasteiger partial charge in [0.05, 0.1) is 26.3 Å². The van der Waals surface area contributed by atoms with Crippen LogP contribution in [0.3, 0.4) is 0 Å². The van der Waals surface area contributed by atoms with E-state index >= 15 is 0 Å². The van der Waals surface area contributed by atoms with E-state index in [1.165, 1.54) is 19.3 Å². The van der Waals surface area contributed by atoms with Crippen LogP contribution in [0, 0.1) is 0 Å². The minimum atomic E-state index is 0.0950. The minimum Gasteiger partial charge on any atom is -0.497 e. The molecule has 1 aromatic carbocycles. The highest BCUT2D eigenvalue weighted by Gasteiger charge is 2.18. The van der Waals surface area contributed by atoms with E-state index in [0.29, 0.717) is 23.6 Å². The Labute approximate surface area is 114 Å². The van der Waals surface area contributed by atoms with E-state index in [9.17, 15) is 4.79 Å². The topological polar surface area (TPSA) is 38.8 Å². The normalized spacial score (nSPS) is 16.1. The van der Waals surface area contributed by atoms with Crippen molar-refractivity contribution in [3.63, 3.8) is 0 Å². The molecule has 0 radical (unpaired) electrons. The monoisotopic (exact) mass is 263 g/mol. The van der Waals surface area contributed by atoms with Gasteiger partial charge in [-0.2, -0.15) is 0 Å². The second-order valence-electron chi connectivity index (χ2n) is 4.83. The molecule has 0 amide bonds. The van der Waals surface area contributed by atoms with Crippen molar-refractivity contribution in [2.45, 2.75) is 19.3 Å². The maximum absolute atomic E-state index is 12.4. The summed E-state index contributed by atoms with van der Waals surface area (Å²) in [6.45, 7) is 2.49. The maximum Gasteiger partial charge on any atom is 0.180 e. The van der Waals surface area contributed by atoms with Crippen LogP contribution in [0.5, 0.6) is 11.5 Å². The van der Waals surface area contributed by atoms with Crippen molar-refractivity contribution in [2.24, 2.45) is 0 Å². The standard InChI is InChI=1S/C15H21NO3/c1-18-12-6-7-15(19-2)13(10-12)14(17)11-16-8-4-3-5-9-16/h6-7,10H,3-5,8-9,11H2,1-2H3. The lowest BCUT2D eigenvalue weighted by Crippen LogP contribution is -2.34. The number of carbonyl (C=O) groups is 1. The van der Waals surface area contributed by atoms with E-state index in [4.69, 9.17) is 9.47 Å². The van der Waals surface area contributed by atoms with Gasteiger partial charge in [0.15, 0.2) is 5.78 Å². The molecule has 1 fully saturated rings. The molecule has 0 N–H and O–H groups in total. The summed E-state index contributed by atoms with van der Waals surface area (Å²) in [4.78, 5) is 14.6. The first kappa shape index (κ1) is 13.9. The molecule has 104 valence electrons. The van der Waals surface area contributed by atoms with Gasteiger partial charge in [0.25, 0.3) is 0 Å². The zero-order valence-corrected chi connectivity index (χ0v) is 11.6. The molecule has 2 rings (SSSR count). The molecule has 0 spiro atoms. The molecule has 0 aliphatic carbocycles. The average Bonchev–Trinajstić information content (AvgIpc) is 2.47. The SMILES string of the molecule is COc1ccc(OC)c(C(=O)CN2CCCCC2)c1. The Kier molecular flexibility index (Phi) is 4.80. The largest absolute Gasteiger partial charge is 0.497 e. The van der Waals surface area contributed by atoms with Crippen LogP contribution in [0.15, 0.2) is 18.2 Å². The lowest BCUT2D eigenvalue weighted by atomic mass is 10.1. The fourth-order valence-electron chi connectivity index (χ4n) is 2.44. The van der Waals surface area contributed by atoms with E-state index in [0.717, 1.165) is 13.1 Å². The van der Waals surface area contributed by atoms with Crippen molar-refractivity contribution in [1.82, 2.24) is 4.90 Å². The number of likely N-dealkylation sites (tertiary alicyclic amines) is 1. The van der Waals surface area contributed by atoms with Gasteiger partial charge < -0.3 is 9.47 Å². The third-order valence-corrected chi connectivity index (χ3v) is 3.52. The summed E-state index contributed by atoms with van der Waals surface area (Å²) in [7, 11) is 3.18. The van der Waals surface area contributed by atoms with Crippen LogP contribution in [0.4, 0.5) is 0 Å². The molecule has 4 heteroatoms. The third kappa shape index (κ3) is 3.47. The van der Waals surface area contributed by atoms with Gasteiger partial charge in [0.2, 0.25) is 0 Å². The molecule has 0 aromatic heterocycles. The van der Waals surface area contributed by atoms with Gasteiger partial charge in [-0.1, -0.05) is 6.42 Å². The predicted molar refractivity (Wildman–Crippen MR) is 74.2 cm³/mol. The number of ketones is 1. The van der Waals surface area contributed by atoms with Crippen LogP contribution in [0.2, 0.25) is 0 Å². The number of nitrogens with zero attached hydrogens (tertiary/aromatic N) is 1. The first-order valence-electron chi connectivity index (χ1n) is 6.72. The van der Waals surface area contributed by atoms with E-state index in [1.54, 1.807) is 32.4 Å². The summed E-state index contributed by atoms with van der Waals surface area (Å²) < 4.78 is 10.4. The Balaban J connectivity index is 2.12. The maximum atomic E-state index is 12.4. The van der Waals surface area contributed by atoms with Crippen molar-refractivity contribution in [1.29, 1.82) is 0 Å². The van der Waals surface area contributed by atoms with Gasteiger partial charge in [-0.15, -0.1) is 0 Å². The molecule has 1 aliphatic rings. The quantitative estimate of drug-likeness (QED) is 0.765. The fraction of sp³-hybridized carbons (Fsp3) is 0.533. The summed E-state index contributed by atoms with van der Waals surface area (Å²) in [5, 5.41) is 0. The first-order chi connectivity index (χ1) is 9.24. The van der Waals surface area contributed by atoms with E-state index in [2.05, 4.69) is 4.90 Å². The van der Waals surface area contributed by atoms with Gasteiger partial charge in [0.1, 0.15) is 11.5 Å². The van der Waals surface area contributed by atoms with Crippen molar-refractivity contribution >= 4 is 5.78 Å². The average molecular weight is 263 g/mol. The van der Waals surface area contributed by atoms with Gasteiger partial charge in [-0.05, 0) is 44.1 Å². The summed E-state index contributed by atoms with van der Waals surface area (Å²) in [5.41, 5.74) is 0.604. The van der Waals surface area contributed by atoms with E-state index in [-0.39, 0.29) is 5.78 Å². The number of rotatable bonds is 5. The van der Waals surface area contributed by atoms with E-state index < -0.39 is 0 Å². The summed E-state index contributed by atoms with van der Waals surface area (Å²) in [5.74, 6) is 1.39. The highest BCUT2D eigenvalue weighted by atomic mass is 16.5. The molecule has 1 aliphatic heterocycles. The Morgan fingerprint density at radius 2 is 1.89 bits per heavy atom. The Hall–Kier alpha value is -1.55. The smallest absolute Gasteiger partial charge is 0.180 e. The molecule has 4 nitrogen and oxygen atoms in total. The van der Waals surface area contributed by atoms with Crippen LogP contribution < -0.4 is 9.47 Å². The zero-order valence-electron chi connectivity index (χ0n) is 11.6. The van der Waals surface area contributed by atoms with Gasteiger partial charge in [-0.25, -0.2) is 0 Å². The van der Waals surface area contributed by atoms with Crippen LogP contribution in [0.25, 0.3) is 0 Å². The molecule has 0 unspecified atom stereocenters. The molecule has 1 saturated heterocycles. The van der Waals surface area contributed by atoms with Crippen LogP contribution in [-0.2, 0) is 0 Å². The van der Waals surface area contributed by atoms with Crippen molar-refractivity contribution < 1.29 is 14.3 Å². The number of ether oxygens (including phenoxy) is 2. The van der Waals surface area contributed by atoms with Gasteiger partial charge in [0, 0.05) is 0 Å². The highest BCUT2D eigenvalue weighted by molar-refractivity contribution is 6.00. The lowest BCUT2D eigenvalue weighted by molar-refractivity contribution is 0.0912. The molecule has 1 aromatic rings. The first-order valence-corrected chi connectivity index (χ1v) is 6.72. The molecule has 0 atom stereocenters. The summed E-state index contributed by atoms with van der Waals surface area (Å²) >= 11 is 0. The van der Waals surface area contributed by atoms with Crippen LogP contribution in [-0.4, -0.2) is 44.5 Å². The van der Waals surface area contributed by atoms with E-state index in [1.807, 2.05) is 0 Å². The number of hydrogen-bond donors (Lipinski definition) is 0. The number of benzene rings is 1. The fourth-order valence-corrected chi connectivity index (χ4v) is 2.44. The number of carbonyl (C=O) groups excluding carboxylic acids is 1. The molecule has 1 heterocycles.